The lowest BCUT2D eigenvalue weighted by Gasteiger charge is -2.10. The number of para-hydroxylation sites is 1. The highest BCUT2D eigenvalue weighted by molar-refractivity contribution is 9.10. The van der Waals surface area contributed by atoms with E-state index in [4.69, 9.17) is 16.6 Å². The van der Waals surface area contributed by atoms with Crippen molar-refractivity contribution in [3.05, 3.63) is 58.3 Å². The molecule has 0 radical (unpaired) electrons. The van der Waals surface area contributed by atoms with Crippen molar-refractivity contribution in [2.24, 2.45) is 0 Å². The molecule has 0 atom stereocenters. The standard InChI is InChI=1S/C16H14BrClN2/c1-11-6-7-13-15(10-11)20(16(19-13)8-9-18)14-5-3-2-4-12(14)17/h2-7,10H,8-9H2,1H3. The Balaban J connectivity index is 2.34. The number of benzene rings is 2. The second-order valence-electron chi connectivity index (χ2n) is 4.75. The summed E-state index contributed by atoms with van der Waals surface area (Å²) < 4.78 is 3.24. The van der Waals surface area contributed by atoms with E-state index in [1.54, 1.807) is 0 Å². The zero-order chi connectivity index (χ0) is 14.1. The molecular formula is C16H14BrClN2. The van der Waals surface area contributed by atoms with Crippen molar-refractivity contribution in [3.63, 3.8) is 0 Å². The molecule has 0 fully saturated rings. The van der Waals surface area contributed by atoms with E-state index in [0.717, 1.165) is 33.4 Å². The second-order valence-corrected chi connectivity index (χ2v) is 5.98. The summed E-state index contributed by atoms with van der Waals surface area (Å²) in [5, 5.41) is 0. The Morgan fingerprint density at radius 2 is 2.00 bits per heavy atom. The van der Waals surface area contributed by atoms with Gasteiger partial charge in [0, 0.05) is 16.8 Å². The summed E-state index contributed by atoms with van der Waals surface area (Å²) in [6.45, 7) is 2.10. The number of nitrogens with zero attached hydrogens (tertiary/aromatic N) is 2. The summed E-state index contributed by atoms with van der Waals surface area (Å²) in [6, 6.07) is 14.5. The molecule has 1 aromatic heterocycles. The van der Waals surface area contributed by atoms with Crippen molar-refractivity contribution < 1.29 is 0 Å². The first-order chi connectivity index (χ1) is 9.70. The van der Waals surface area contributed by atoms with Crippen LogP contribution in [0.5, 0.6) is 0 Å². The normalized spacial score (nSPS) is 11.2. The quantitative estimate of drug-likeness (QED) is 0.616. The van der Waals surface area contributed by atoms with Gasteiger partial charge in [0.15, 0.2) is 0 Å². The molecule has 0 unspecified atom stereocenters. The Morgan fingerprint density at radius 3 is 2.75 bits per heavy atom. The molecule has 1 heterocycles. The van der Waals surface area contributed by atoms with Crippen LogP contribution in [0, 0.1) is 6.92 Å². The number of aryl methyl sites for hydroxylation is 2. The van der Waals surface area contributed by atoms with E-state index in [-0.39, 0.29) is 0 Å². The summed E-state index contributed by atoms with van der Waals surface area (Å²) >= 11 is 9.55. The predicted octanol–water partition coefficient (Wildman–Crippen LogP) is 4.88. The fraction of sp³-hybridized carbons (Fsp3) is 0.188. The third kappa shape index (κ3) is 2.36. The Morgan fingerprint density at radius 1 is 1.20 bits per heavy atom. The third-order valence-electron chi connectivity index (χ3n) is 3.29. The van der Waals surface area contributed by atoms with Gasteiger partial charge in [-0.3, -0.25) is 4.57 Å². The van der Waals surface area contributed by atoms with Crippen LogP contribution >= 0.6 is 27.5 Å². The molecule has 0 aliphatic heterocycles. The van der Waals surface area contributed by atoms with E-state index in [2.05, 4.69) is 51.7 Å². The van der Waals surface area contributed by atoms with Gasteiger partial charge in [0.2, 0.25) is 0 Å². The number of hydrogen-bond donors (Lipinski definition) is 0. The molecule has 0 aliphatic rings. The van der Waals surface area contributed by atoms with E-state index >= 15 is 0 Å². The van der Waals surface area contributed by atoms with Crippen LogP contribution in [0.4, 0.5) is 0 Å². The predicted molar refractivity (Wildman–Crippen MR) is 87.9 cm³/mol. The highest BCUT2D eigenvalue weighted by Gasteiger charge is 2.13. The van der Waals surface area contributed by atoms with Gasteiger partial charge in [-0.25, -0.2) is 4.98 Å². The van der Waals surface area contributed by atoms with Gasteiger partial charge in [0.1, 0.15) is 5.82 Å². The lowest BCUT2D eigenvalue weighted by Crippen LogP contribution is -2.03. The molecule has 0 aliphatic carbocycles. The van der Waals surface area contributed by atoms with Crippen LogP contribution in [0.15, 0.2) is 46.9 Å². The number of alkyl halides is 1. The zero-order valence-corrected chi connectivity index (χ0v) is 13.4. The second kappa shape index (κ2) is 5.58. The Hall–Kier alpha value is -1.32. The van der Waals surface area contributed by atoms with E-state index in [9.17, 15) is 0 Å². The number of imidazole rings is 1. The molecule has 2 aromatic carbocycles. The van der Waals surface area contributed by atoms with Gasteiger partial charge in [-0.15, -0.1) is 11.6 Å². The van der Waals surface area contributed by atoms with Gasteiger partial charge >= 0.3 is 0 Å². The molecule has 0 N–H and O–H groups in total. The van der Waals surface area contributed by atoms with E-state index < -0.39 is 0 Å². The smallest absolute Gasteiger partial charge is 0.115 e. The Labute approximate surface area is 131 Å². The monoisotopic (exact) mass is 348 g/mol. The molecule has 4 heteroatoms. The molecule has 0 amide bonds. The van der Waals surface area contributed by atoms with Crippen LogP contribution in [0.3, 0.4) is 0 Å². The lowest BCUT2D eigenvalue weighted by atomic mass is 10.2. The Bertz CT molecular complexity index is 764. The van der Waals surface area contributed by atoms with E-state index in [1.165, 1.54) is 5.56 Å². The molecule has 102 valence electrons. The average molecular weight is 350 g/mol. The van der Waals surface area contributed by atoms with Crippen LogP contribution < -0.4 is 0 Å². The lowest BCUT2D eigenvalue weighted by molar-refractivity contribution is 0.909. The first-order valence-corrected chi connectivity index (χ1v) is 7.82. The van der Waals surface area contributed by atoms with Crippen LogP contribution in [-0.2, 0) is 6.42 Å². The molecule has 3 rings (SSSR count). The van der Waals surface area contributed by atoms with Gasteiger partial charge in [0.25, 0.3) is 0 Å². The molecule has 20 heavy (non-hydrogen) atoms. The molecular weight excluding hydrogens is 336 g/mol. The largest absolute Gasteiger partial charge is 0.295 e. The number of rotatable bonds is 3. The van der Waals surface area contributed by atoms with Gasteiger partial charge in [-0.1, -0.05) is 18.2 Å². The summed E-state index contributed by atoms with van der Waals surface area (Å²) in [7, 11) is 0. The minimum absolute atomic E-state index is 0.562. The third-order valence-corrected chi connectivity index (χ3v) is 4.15. The highest BCUT2D eigenvalue weighted by Crippen LogP contribution is 2.28. The number of hydrogen-bond acceptors (Lipinski definition) is 1. The van der Waals surface area contributed by atoms with Crippen LogP contribution in [0.25, 0.3) is 16.7 Å². The maximum absolute atomic E-state index is 5.93. The minimum atomic E-state index is 0.562. The van der Waals surface area contributed by atoms with Crippen LogP contribution in [-0.4, -0.2) is 15.4 Å². The van der Waals surface area contributed by atoms with E-state index in [0.29, 0.717) is 5.88 Å². The average Bonchev–Trinajstić information content (AvgIpc) is 2.77. The summed E-state index contributed by atoms with van der Waals surface area (Å²) in [5.41, 5.74) is 4.45. The SMILES string of the molecule is Cc1ccc2nc(CCCl)n(-c3ccccc3Br)c2c1. The van der Waals surface area contributed by atoms with Crippen molar-refractivity contribution in [3.8, 4) is 5.69 Å². The van der Waals surface area contributed by atoms with Gasteiger partial charge in [0.05, 0.1) is 16.7 Å². The summed E-state index contributed by atoms with van der Waals surface area (Å²) in [6.07, 6.45) is 0.747. The van der Waals surface area contributed by atoms with Crippen molar-refractivity contribution in [1.82, 2.24) is 9.55 Å². The van der Waals surface area contributed by atoms with Crippen LogP contribution in [0.1, 0.15) is 11.4 Å². The first kappa shape index (κ1) is 13.7. The first-order valence-electron chi connectivity index (χ1n) is 6.49. The number of fused-ring (bicyclic) bond motifs is 1. The molecule has 2 nitrogen and oxygen atoms in total. The molecule has 0 saturated carbocycles. The van der Waals surface area contributed by atoms with Crippen molar-refractivity contribution in [2.75, 3.05) is 5.88 Å². The maximum atomic E-state index is 5.93. The summed E-state index contributed by atoms with van der Waals surface area (Å²) in [4.78, 5) is 4.72. The molecule has 0 saturated heterocycles. The fourth-order valence-electron chi connectivity index (χ4n) is 2.39. The highest BCUT2D eigenvalue weighted by atomic mass is 79.9. The van der Waals surface area contributed by atoms with Crippen molar-refractivity contribution in [1.29, 1.82) is 0 Å². The molecule has 3 aromatic rings. The van der Waals surface area contributed by atoms with Crippen LogP contribution in [0.2, 0.25) is 0 Å². The Kier molecular flexibility index (Phi) is 3.81. The fourth-order valence-corrected chi connectivity index (χ4v) is 3.02. The van der Waals surface area contributed by atoms with Crippen molar-refractivity contribution >= 4 is 38.6 Å². The topological polar surface area (TPSA) is 17.8 Å². The van der Waals surface area contributed by atoms with Gasteiger partial charge in [-0.05, 0) is 52.7 Å². The van der Waals surface area contributed by atoms with Gasteiger partial charge < -0.3 is 0 Å². The molecule has 0 bridgehead atoms. The minimum Gasteiger partial charge on any atom is -0.295 e. The zero-order valence-electron chi connectivity index (χ0n) is 11.1. The number of aromatic nitrogens is 2. The van der Waals surface area contributed by atoms with Gasteiger partial charge in [-0.2, -0.15) is 0 Å². The van der Waals surface area contributed by atoms with E-state index in [1.807, 2.05) is 18.2 Å². The molecule has 0 spiro atoms. The number of halogens is 2. The van der Waals surface area contributed by atoms with Crippen molar-refractivity contribution in [2.45, 2.75) is 13.3 Å². The summed E-state index contributed by atoms with van der Waals surface area (Å²) in [5.74, 6) is 1.56. The maximum Gasteiger partial charge on any atom is 0.115 e.